The van der Waals surface area contributed by atoms with Gasteiger partial charge in [-0.3, -0.25) is 9.69 Å². The summed E-state index contributed by atoms with van der Waals surface area (Å²) in [6.45, 7) is 5.86. The molecule has 0 bridgehead atoms. The summed E-state index contributed by atoms with van der Waals surface area (Å²) < 4.78 is 5.51. The van der Waals surface area contributed by atoms with Gasteiger partial charge in [-0.2, -0.15) is 0 Å². The minimum absolute atomic E-state index is 0.124. The fourth-order valence-electron chi connectivity index (χ4n) is 4.10. The molecule has 148 valence electrons. The van der Waals surface area contributed by atoms with Crippen molar-refractivity contribution in [2.75, 3.05) is 32.8 Å². The highest BCUT2D eigenvalue weighted by Crippen LogP contribution is 2.48. The quantitative estimate of drug-likeness (QED) is 0.803. The molecular weight excluding hydrogens is 372 g/mol. The lowest BCUT2D eigenvalue weighted by atomic mass is 9.93. The predicted molar refractivity (Wildman–Crippen MR) is 112 cm³/mol. The summed E-state index contributed by atoms with van der Waals surface area (Å²) >= 11 is 6.07. The predicted octanol–water partition coefficient (Wildman–Crippen LogP) is 3.87. The molecular formula is C23H27ClN2O2. The van der Waals surface area contributed by atoms with Crippen molar-refractivity contribution in [2.45, 2.75) is 31.2 Å². The first-order valence-electron chi connectivity index (χ1n) is 10.0. The third kappa shape index (κ3) is 4.09. The van der Waals surface area contributed by atoms with Gasteiger partial charge in [-0.15, -0.1) is 0 Å². The Kier molecular flexibility index (Phi) is 5.72. The van der Waals surface area contributed by atoms with Crippen molar-refractivity contribution < 1.29 is 9.53 Å². The summed E-state index contributed by atoms with van der Waals surface area (Å²) in [7, 11) is 0. The molecule has 1 aliphatic carbocycles. The van der Waals surface area contributed by atoms with Crippen LogP contribution >= 0.6 is 11.6 Å². The Hall–Kier alpha value is -1.88. The van der Waals surface area contributed by atoms with Gasteiger partial charge in [0.15, 0.2) is 0 Å². The number of nitrogens with one attached hydrogen (secondary N) is 1. The number of morpholine rings is 1. The molecule has 0 aromatic heterocycles. The first-order chi connectivity index (χ1) is 13.6. The molecule has 1 heterocycles. The molecule has 1 saturated carbocycles. The number of aryl methyl sites for hydroxylation is 1. The van der Waals surface area contributed by atoms with Crippen molar-refractivity contribution in [3.8, 4) is 0 Å². The standard InChI is InChI=1S/C23H27ClN2O2/c1-17-3-2-4-19(15-17)23(9-10-23)22(27)25-16-21(26-11-13-28-14-12-26)18-5-7-20(24)8-6-18/h2-8,15,21H,9-14,16H2,1H3,(H,25,27). The molecule has 5 heteroatoms. The van der Waals surface area contributed by atoms with E-state index in [0.717, 1.165) is 49.7 Å². The fraction of sp³-hybridized carbons (Fsp3) is 0.435. The summed E-state index contributed by atoms with van der Waals surface area (Å²) in [5.74, 6) is 0.144. The summed E-state index contributed by atoms with van der Waals surface area (Å²) in [5, 5.41) is 3.99. The van der Waals surface area contributed by atoms with Crippen molar-refractivity contribution in [1.82, 2.24) is 10.2 Å². The van der Waals surface area contributed by atoms with Crippen LogP contribution in [0, 0.1) is 6.92 Å². The maximum absolute atomic E-state index is 13.1. The van der Waals surface area contributed by atoms with Crippen LogP contribution in [0.2, 0.25) is 5.02 Å². The number of amides is 1. The van der Waals surface area contributed by atoms with Gasteiger partial charge in [0.25, 0.3) is 0 Å². The Morgan fingerprint density at radius 1 is 1.18 bits per heavy atom. The number of hydrogen-bond donors (Lipinski definition) is 1. The van der Waals surface area contributed by atoms with Crippen LogP contribution in [-0.4, -0.2) is 43.7 Å². The third-order valence-electron chi connectivity index (χ3n) is 5.95. The van der Waals surface area contributed by atoms with E-state index in [9.17, 15) is 4.79 Å². The molecule has 0 spiro atoms. The molecule has 2 aliphatic rings. The van der Waals surface area contributed by atoms with E-state index in [4.69, 9.17) is 16.3 Å². The fourth-order valence-corrected chi connectivity index (χ4v) is 4.23. The molecule has 0 radical (unpaired) electrons. The lowest BCUT2D eigenvalue weighted by Gasteiger charge is -2.35. The molecule has 1 amide bonds. The summed E-state index contributed by atoms with van der Waals surface area (Å²) in [6, 6.07) is 16.4. The van der Waals surface area contributed by atoms with Crippen LogP contribution in [0.1, 0.15) is 35.6 Å². The Labute approximate surface area is 171 Å². The van der Waals surface area contributed by atoms with Crippen molar-refractivity contribution in [3.63, 3.8) is 0 Å². The minimum Gasteiger partial charge on any atom is -0.379 e. The van der Waals surface area contributed by atoms with E-state index < -0.39 is 0 Å². The topological polar surface area (TPSA) is 41.6 Å². The number of hydrogen-bond acceptors (Lipinski definition) is 3. The van der Waals surface area contributed by atoms with Crippen molar-refractivity contribution in [3.05, 3.63) is 70.2 Å². The molecule has 4 rings (SSSR count). The van der Waals surface area contributed by atoms with Gasteiger partial charge in [-0.05, 0) is 43.0 Å². The lowest BCUT2D eigenvalue weighted by molar-refractivity contribution is -0.124. The van der Waals surface area contributed by atoms with Crippen LogP contribution in [0.5, 0.6) is 0 Å². The van der Waals surface area contributed by atoms with E-state index in [2.05, 4.69) is 47.5 Å². The van der Waals surface area contributed by atoms with Gasteiger partial charge >= 0.3 is 0 Å². The van der Waals surface area contributed by atoms with Crippen LogP contribution in [0.15, 0.2) is 48.5 Å². The van der Waals surface area contributed by atoms with Crippen molar-refractivity contribution >= 4 is 17.5 Å². The average Bonchev–Trinajstić information content (AvgIpc) is 3.52. The second kappa shape index (κ2) is 8.24. The number of halogens is 1. The summed E-state index contributed by atoms with van der Waals surface area (Å²) in [4.78, 5) is 15.5. The van der Waals surface area contributed by atoms with Crippen molar-refractivity contribution in [2.24, 2.45) is 0 Å². The molecule has 1 N–H and O–H groups in total. The third-order valence-corrected chi connectivity index (χ3v) is 6.20. The van der Waals surface area contributed by atoms with Crippen LogP contribution in [0.4, 0.5) is 0 Å². The van der Waals surface area contributed by atoms with E-state index >= 15 is 0 Å². The number of ether oxygens (including phenoxy) is 1. The largest absolute Gasteiger partial charge is 0.379 e. The molecule has 1 unspecified atom stereocenters. The Morgan fingerprint density at radius 2 is 1.89 bits per heavy atom. The van der Waals surface area contributed by atoms with E-state index in [1.54, 1.807) is 0 Å². The van der Waals surface area contributed by atoms with Gasteiger partial charge in [0, 0.05) is 24.7 Å². The summed E-state index contributed by atoms with van der Waals surface area (Å²) in [6.07, 6.45) is 1.84. The smallest absolute Gasteiger partial charge is 0.230 e. The Morgan fingerprint density at radius 3 is 2.54 bits per heavy atom. The number of carbonyl (C=O) groups excluding carboxylic acids is 1. The zero-order chi connectivity index (χ0) is 19.6. The first kappa shape index (κ1) is 19.4. The van der Waals surface area contributed by atoms with E-state index in [1.165, 1.54) is 11.1 Å². The molecule has 1 aliphatic heterocycles. The van der Waals surface area contributed by atoms with Gasteiger partial charge < -0.3 is 10.1 Å². The normalized spacial score (nSPS) is 19.8. The van der Waals surface area contributed by atoms with Crippen molar-refractivity contribution in [1.29, 1.82) is 0 Å². The lowest BCUT2D eigenvalue weighted by Crippen LogP contribution is -2.45. The number of nitrogens with zero attached hydrogens (tertiary/aromatic N) is 1. The molecule has 2 aromatic rings. The molecule has 1 atom stereocenters. The Balaban J connectivity index is 1.49. The molecule has 1 saturated heterocycles. The monoisotopic (exact) mass is 398 g/mol. The zero-order valence-electron chi connectivity index (χ0n) is 16.3. The maximum atomic E-state index is 13.1. The maximum Gasteiger partial charge on any atom is 0.230 e. The number of carbonyl (C=O) groups is 1. The van der Waals surface area contributed by atoms with Gasteiger partial charge in [0.1, 0.15) is 0 Å². The van der Waals surface area contributed by atoms with Gasteiger partial charge in [-0.1, -0.05) is 53.6 Å². The van der Waals surface area contributed by atoms with Crippen LogP contribution < -0.4 is 5.32 Å². The minimum atomic E-state index is -0.346. The Bertz CT molecular complexity index is 827. The zero-order valence-corrected chi connectivity index (χ0v) is 17.0. The van der Waals surface area contributed by atoms with Crippen LogP contribution in [0.25, 0.3) is 0 Å². The highest BCUT2D eigenvalue weighted by atomic mass is 35.5. The van der Waals surface area contributed by atoms with Crippen LogP contribution in [0.3, 0.4) is 0 Å². The molecule has 4 nitrogen and oxygen atoms in total. The molecule has 2 aromatic carbocycles. The second-order valence-corrected chi connectivity index (χ2v) is 8.31. The molecule has 28 heavy (non-hydrogen) atoms. The number of rotatable bonds is 6. The first-order valence-corrected chi connectivity index (χ1v) is 10.4. The number of benzene rings is 2. The van der Waals surface area contributed by atoms with Crippen LogP contribution in [-0.2, 0) is 14.9 Å². The average molecular weight is 399 g/mol. The van der Waals surface area contributed by atoms with E-state index in [-0.39, 0.29) is 17.4 Å². The molecule has 2 fully saturated rings. The van der Waals surface area contributed by atoms with Gasteiger partial charge in [0.2, 0.25) is 5.91 Å². The summed E-state index contributed by atoms with van der Waals surface area (Å²) in [5.41, 5.74) is 3.16. The van der Waals surface area contributed by atoms with E-state index in [0.29, 0.717) is 6.54 Å². The van der Waals surface area contributed by atoms with Gasteiger partial charge in [-0.25, -0.2) is 0 Å². The SMILES string of the molecule is Cc1cccc(C2(C(=O)NCC(c3ccc(Cl)cc3)N3CCOCC3)CC2)c1. The second-order valence-electron chi connectivity index (χ2n) is 7.88. The van der Waals surface area contributed by atoms with Gasteiger partial charge in [0.05, 0.1) is 24.7 Å². The highest BCUT2D eigenvalue weighted by molar-refractivity contribution is 6.30. The van der Waals surface area contributed by atoms with E-state index in [1.807, 2.05) is 18.2 Å². The highest BCUT2D eigenvalue weighted by Gasteiger charge is 2.51.